The lowest BCUT2D eigenvalue weighted by molar-refractivity contribution is -0.121. The molecule has 0 spiro atoms. The number of amides is 4. The van der Waals surface area contributed by atoms with Crippen molar-refractivity contribution in [1.82, 2.24) is 0 Å². The zero-order valence-corrected chi connectivity index (χ0v) is 24.7. The van der Waals surface area contributed by atoms with Gasteiger partial charge in [-0.1, -0.05) is 72.8 Å². The van der Waals surface area contributed by atoms with Crippen molar-refractivity contribution < 1.29 is 19.2 Å². The van der Waals surface area contributed by atoms with E-state index >= 15 is 0 Å². The van der Waals surface area contributed by atoms with E-state index in [2.05, 4.69) is 72.2 Å². The number of carbonyl (C=O) groups excluding carboxylic acids is 4. The number of imide groups is 2. The molecule has 2 aliphatic heterocycles. The van der Waals surface area contributed by atoms with Gasteiger partial charge in [-0.15, -0.1) is 0 Å². The summed E-state index contributed by atoms with van der Waals surface area (Å²) in [7, 11) is 0. The monoisotopic (exact) mass is 601 g/mol. The summed E-state index contributed by atoms with van der Waals surface area (Å²) in [5.41, 5.74) is 9.05. The molecule has 46 heavy (non-hydrogen) atoms. The molecule has 0 bridgehead atoms. The molecule has 0 atom stereocenters. The smallest absolute Gasteiger partial charge is 0.258 e. The second-order valence-corrected chi connectivity index (χ2v) is 11.0. The maximum absolute atomic E-state index is 12.1. The minimum Gasteiger partial charge on any atom is -0.311 e. The van der Waals surface area contributed by atoms with E-state index in [4.69, 9.17) is 0 Å². The highest BCUT2D eigenvalue weighted by atomic mass is 16.2. The largest absolute Gasteiger partial charge is 0.311 e. The lowest BCUT2D eigenvalue weighted by Gasteiger charge is -2.28. The summed E-state index contributed by atoms with van der Waals surface area (Å²) < 4.78 is 0. The van der Waals surface area contributed by atoms with Gasteiger partial charge in [0.05, 0.1) is 11.4 Å². The number of anilines is 4. The van der Waals surface area contributed by atoms with Gasteiger partial charge in [0, 0.05) is 41.4 Å². The van der Waals surface area contributed by atoms with Crippen molar-refractivity contribution in [2.75, 3.05) is 14.7 Å². The van der Waals surface area contributed by atoms with Gasteiger partial charge in [-0.3, -0.25) is 19.2 Å². The second kappa shape index (κ2) is 11.6. The highest BCUT2D eigenvalue weighted by Gasteiger charge is 2.26. The van der Waals surface area contributed by atoms with E-state index < -0.39 is 0 Å². The number of hydrogen-bond acceptors (Lipinski definition) is 5. The van der Waals surface area contributed by atoms with Gasteiger partial charge in [0.2, 0.25) is 0 Å². The van der Waals surface area contributed by atoms with Gasteiger partial charge in [0.15, 0.2) is 0 Å². The number of rotatable bonds is 7. The Morgan fingerprint density at radius 2 is 0.804 bits per heavy atom. The molecule has 0 N–H and O–H groups in total. The Morgan fingerprint density at radius 1 is 0.457 bits per heavy atom. The van der Waals surface area contributed by atoms with E-state index in [1.165, 1.54) is 24.3 Å². The van der Waals surface area contributed by atoms with E-state index in [-0.39, 0.29) is 23.6 Å². The molecule has 7 nitrogen and oxygen atoms in total. The molecule has 7 heteroatoms. The Kier molecular flexibility index (Phi) is 7.19. The number of hydrogen-bond donors (Lipinski definition) is 0. The highest BCUT2D eigenvalue weighted by Crippen LogP contribution is 2.36. The van der Waals surface area contributed by atoms with Crippen LogP contribution < -0.4 is 14.7 Å². The summed E-state index contributed by atoms with van der Waals surface area (Å²) in [6.07, 6.45) is 12.1. The third kappa shape index (κ3) is 5.31. The molecule has 4 aromatic rings. The molecule has 222 valence electrons. The Labute approximate surface area is 266 Å². The van der Waals surface area contributed by atoms with Crippen molar-refractivity contribution in [1.29, 1.82) is 0 Å². The SMILES string of the molecule is C=C1C=CC(N(c2ccc(-c3ccc(N4C(=O)C=CC4=O)cc3)cc2)c2ccc(-c3ccc(N4C(=O)C=CC4=O)cc3)cc2)=CC1. The topological polar surface area (TPSA) is 78.0 Å². The van der Waals surface area contributed by atoms with Gasteiger partial charge in [0.25, 0.3) is 23.6 Å². The van der Waals surface area contributed by atoms with Crippen molar-refractivity contribution in [2.45, 2.75) is 6.42 Å². The van der Waals surface area contributed by atoms with Crippen LogP contribution in [0.15, 0.2) is 157 Å². The third-order valence-electron chi connectivity index (χ3n) is 8.11. The van der Waals surface area contributed by atoms with Crippen LogP contribution in [0.5, 0.6) is 0 Å². The van der Waals surface area contributed by atoms with Gasteiger partial charge >= 0.3 is 0 Å². The van der Waals surface area contributed by atoms with Crippen LogP contribution in [0.2, 0.25) is 0 Å². The van der Waals surface area contributed by atoms with Crippen molar-refractivity contribution in [3.05, 3.63) is 157 Å². The van der Waals surface area contributed by atoms with Gasteiger partial charge in [0.1, 0.15) is 0 Å². The first-order chi connectivity index (χ1) is 22.4. The maximum Gasteiger partial charge on any atom is 0.258 e. The number of nitrogens with zero attached hydrogens (tertiary/aromatic N) is 3. The Bertz CT molecular complexity index is 1870. The molecule has 4 aromatic carbocycles. The van der Waals surface area contributed by atoms with Gasteiger partial charge < -0.3 is 4.90 Å². The number of allylic oxidation sites excluding steroid dienone is 4. The average Bonchev–Trinajstić information content (AvgIpc) is 3.61. The molecule has 0 saturated carbocycles. The summed E-state index contributed by atoms with van der Waals surface area (Å²) in [5, 5.41) is 0. The Hall–Kier alpha value is -6.34. The fourth-order valence-electron chi connectivity index (χ4n) is 5.71. The van der Waals surface area contributed by atoms with E-state index in [0.717, 1.165) is 61.1 Å². The van der Waals surface area contributed by atoms with Gasteiger partial charge in [-0.2, -0.15) is 0 Å². The molecule has 0 fully saturated rings. The van der Waals surface area contributed by atoms with Crippen LogP contribution in [0.25, 0.3) is 22.3 Å². The van der Waals surface area contributed by atoms with E-state index in [1.54, 1.807) is 24.3 Å². The standard InChI is InChI=1S/C39H27N3O4/c1-26-2-12-31(13-3-26)40(32-14-4-27(5-15-32)29-8-18-34(19-9-29)41-36(43)22-23-37(41)44)33-16-6-28(7-17-33)30-10-20-35(21-11-30)42-38(45)24-25-39(42)46/h2,4-25H,1,3H2. The van der Waals surface area contributed by atoms with Crippen LogP contribution in [-0.2, 0) is 19.2 Å². The molecule has 4 amide bonds. The second-order valence-electron chi connectivity index (χ2n) is 11.0. The molecule has 0 unspecified atom stereocenters. The summed E-state index contributed by atoms with van der Waals surface area (Å²) >= 11 is 0. The zero-order chi connectivity index (χ0) is 31.8. The van der Waals surface area contributed by atoms with Crippen molar-refractivity contribution in [2.24, 2.45) is 0 Å². The fraction of sp³-hybridized carbons (Fsp3) is 0.0256. The fourth-order valence-corrected chi connectivity index (χ4v) is 5.71. The summed E-state index contributed by atoms with van der Waals surface area (Å²) in [4.78, 5) is 52.7. The normalized spacial score (nSPS) is 15.7. The summed E-state index contributed by atoms with van der Waals surface area (Å²) in [6.45, 7) is 4.09. The predicted molar refractivity (Wildman–Crippen MR) is 180 cm³/mol. The molecule has 2 heterocycles. The summed E-state index contributed by atoms with van der Waals surface area (Å²) in [6, 6.07) is 31.2. The van der Waals surface area contributed by atoms with Crippen LogP contribution in [0.3, 0.4) is 0 Å². The van der Waals surface area contributed by atoms with E-state index in [0.29, 0.717) is 11.4 Å². The first-order valence-electron chi connectivity index (χ1n) is 14.8. The van der Waals surface area contributed by atoms with E-state index in [1.807, 2.05) is 30.3 Å². The molecule has 3 aliphatic rings. The molecule has 7 rings (SSSR count). The number of carbonyl (C=O) groups is 4. The van der Waals surface area contributed by atoms with Crippen LogP contribution in [0, 0.1) is 0 Å². The Balaban J connectivity index is 1.14. The molecular weight excluding hydrogens is 574 g/mol. The third-order valence-corrected chi connectivity index (χ3v) is 8.11. The van der Waals surface area contributed by atoms with Gasteiger partial charge in [-0.25, -0.2) is 9.80 Å². The lowest BCUT2D eigenvalue weighted by Crippen LogP contribution is -2.29. The van der Waals surface area contributed by atoms with Crippen molar-refractivity contribution in [3.8, 4) is 22.3 Å². The predicted octanol–water partition coefficient (Wildman–Crippen LogP) is 7.42. The molecular formula is C39H27N3O4. The van der Waals surface area contributed by atoms with Crippen molar-refractivity contribution in [3.63, 3.8) is 0 Å². The van der Waals surface area contributed by atoms with Gasteiger partial charge in [-0.05, 0) is 83.3 Å². The number of benzene rings is 4. The van der Waals surface area contributed by atoms with E-state index in [9.17, 15) is 19.2 Å². The maximum atomic E-state index is 12.1. The minimum atomic E-state index is -0.339. The van der Waals surface area contributed by atoms with Crippen LogP contribution in [0.1, 0.15) is 6.42 Å². The first kappa shape index (κ1) is 28.4. The van der Waals surface area contributed by atoms with Crippen LogP contribution in [0.4, 0.5) is 22.7 Å². The zero-order valence-electron chi connectivity index (χ0n) is 24.7. The van der Waals surface area contributed by atoms with Crippen molar-refractivity contribution >= 4 is 46.4 Å². The van der Waals surface area contributed by atoms with Crippen LogP contribution in [-0.4, -0.2) is 23.6 Å². The molecule has 0 saturated heterocycles. The van der Waals surface area contributed by atoms with Crippen LogP contribution >= 0.6 is 0 Å². The molecule has 1 aliphatic carbocycles. The Morgan fingerprint density at radius 3 is 1.13 bits per heavy atom. The average molecular weight is 602 g/mol. The minimum absolute atomic E-state index is 0.339. The highest BCUT2D eigenvalue weighted by molar-refractivity contribution is 6.28. The quantitative estimate of drug-likeness (QED) is 0.206. The molecule has 0 radical (unpaired) electrons. The summed E-state index contributed by atoms with van der Waals surface area (Å²) in [5.74, 6) is -1.36. The first-order valence-corrected chi connectivity index (χ1v) is 14.8. The molecule has 0 aromatic heterocycles. The lowest BCUT2D eigenvalue weighted by atomic mass is 10.0.